The van der Waals surface area contributed by atoms with Gasteiger partial charge in [-0.2, -0.15) is 0 Å². The van der Waals surface area contributed by atoms with E-state index in [-0.39, 0.29) is 24.1 Å². The van der Waals surface area contributed by atoms with Crippen LogP contribution in [0.15, 0.2) is 95.9 Å². The third kappa shape index (κ3) is 6.01. The lowest BCUT2D eigenvalue weighted by atomic mass is 9.87. The van der Waals surface area contributed by atoms with E-state index in [0.29, 0.717) is 32.7 Å². The molecule has 2 heterocycles. The number of ether oxygens (including phenoxy) is 2. The monoisotopic (exact) mass is 498 g/mol. The van der Waals surface area contributed by atoms with Gasteiger partial charge in [0.2, 0.25) is 0 Å². The number of nitrogens with zero attached hydrogens (tertiary/aromatic N) is 2. The molecule has 1 N–H and O–H groups in total. The number of hydrogen-bond acceptors (Lipinski definition) is 4. The molecule has 1 fully saturated rings. The van der Waals surface area contributed by atoms with Gasteiger partial charge in [-0.1, -0.05) is 54.6 Å². The number of likely N-dealkylation sites (tertiary alicyclic amines) is 1. The fourth-order valence-electron chi connectivity index (χ4n) is 4.89. The van der Waals surface area contributed by atoms with Crippen molar-refractivity contribution >= 4 is 16.9 Å². The minimum Gasteiger partial charge on any atom is -0.492 e. The van der Waals surface area contributed by atoms with E-state index in [0.717, 1.165) is 27.6 Å². The van der Waals surface area contributed by atoms with Crippen molar-refractivity contribution in [3.8, 4) is 5.75 Å². The van der Waals surface area contributed by atoms with Gasteiger partial charge in [0.1, 0.15) is 12.4 Å². The van der Waals surface area contributed by atoms with Gasteiger partial charge in [-0.05, 0) is 52.6 Å². The lowest BCUT2D eigenvalue weighted by Gasteiger charge is -2.37. The SMILES string of the molecule is O=C(O)N1CCC(c2ccn(CCOc3ccccc3)c(=O)c2)C(OCc2ccc3ccccc3c2)C1. The van der Waals surface area contributed by atoms with Crippen molar-refractivity contribution in [2.24, 2.45) is 0 Å². The molecule has 37 heavy (non-hydrogen) atoms. The van der Waals surface area contributed by atoms with Gasteiger partial charge >= 0.3 is 6.09 Å². The maximum atomic E-state index is 12.9. The van der Waals surface area contributed by atoms with Crippen molar-refractivity contribution in [2.45, 2.75) is 31.6 Å². The summed E-state index contributed by atoms with van der Waals surface area (Å²) in [5.74, 6) is 0.697. The Morgan fingerprint density at radius 3 is 2.51 bits per heavy atom. The van der Waals surface area contributed by atoms with Crippen molar-refractivity contribution in [3.05, 3.63) is 113 Å². The molecule has 190 valence electrons. The van der Waals surface area contributed by atoms with Crippen LogP contribution in [0.2, 0.25) is 0 Å². The molecule has 4 aromatic rings. The van der Waals surface area contributed by atoms with E-state index < -0.39 is 6.09 Å². The Labute approximate surface area is 215 Å². The van der Waals surface area contributed by atoms with Gasteiger partial charge in [-0.3, -0.25) is 4.79 Å². The predicted molar refractivity (Wildman–Crippen MR) is 142 cm³/mol. The molecule has 0 aliphatic carbocycles. The van der Waals surface area contributed by atoms with Crippen LogP contribution < -0.4 is 10.3 Å². The fraction of sp³-hybridized carbons (Fsp3) is 0.267. The number of aromatic nitrogens is 1. The molecule has 1 aliphatic rings. The molecule has 7 heteroatoms. The van der Waals surface area contributed by atoms with Crippen molar-refractivity contribution in [3.63, 3.8) is 0 Å². The van der Waals surface area contributed by atoms with Crippen LogP contribution in [0.5, 0.6) is 5.75 Å². The second-order valence-corrected chi connectivity index (χ2v) is 9.31. The van der Waals surface area contributed by atoms with Crippen LogP contribution in [0.1, 0.15) is 23.5 Å². The molecule has 1 saturated heterocycles. The molecule has 0 radical (unpaired) electrons. The highest BCUT2D eigenvalue weighted by Crippen LogP contribution is 2.31. The zero-order chi connectivity index (χ0) is 25.6. The first-order valence-corrected chi connectivity index (χ1v) is 12.5. The summed E-state index contributed by atoms with van der Waals surface area (Å²) in [4.78, 5) is 25.9. The Kier molecular flexibility index (Phi) is 7.51. The van der Waals surface area contributed by atoms with Crippen LogP contribution in [-0.2, 0) is 17.9 Å². The van der Waals surface area contributed by atoms with E-state index in [1.807, 2.05) is 54.6 Å². The first-order chi connectivity index (χ1) is 18.1. The highest BCUT2D eigenvalue weighted by molar-refractivity contribution is 5.82. The maximum Gasteiger partial charge on any atom is 0.407 e. The maximum absolute atomic E-state index is 12.9. The van der Waals surface area contributed by atoms with Crippen LogP contribution in [0, 0.1) is 0 Å². The molecule has 2 atom stereocenters. The summed E-state index contributed by atoms with van der Waals surface area (Å²) in [7, 11) is 0. The van der Waals surface area contributed by atoms with Gasteiger partial charge in [0.15, 0.2) is 0 Å². The summed E-state index contributed by atoms with van der Waals surface area (Å²) in [6.07, 6.45) is 1.07. The quantitative estimate of drug-likeness (QED) is 0.364. The average Bonchev–Trinajstić information content (AvgIpc) is 2.93. The van der Waals surface area contributed by atoms with Crippen LogP contribution in [0.3, 0.4) is 0 Å². The second kappa shape index (κ2) is 11.3. The van der Waals surface area contributed by atoms with E-state index in [4.69, 9.17) is 9.47 Å². The minimum atomic E-state index is -0.952. The first-order valence-electron chi connectivity index (χ1n) is 12.5. The normalized spacial score (nSPS) is 17.6. The number of hydrogen-bond donors (Lipinski definition) is 1. The molecule has 0 saturated carbocycles. The molecule has 2 unspecified atom stereocenters. The second-order valence-electron chi connectivity index (χ2n) is 9.31. The molecular weight excluding hydrogens is 468 g/mol. The molecule has 1 aliphatic heterocycles. The van der Waals surface area contributed by atoms with Gasteiger partial charge in [0, 0.05) is 24.7 Å². The summed E-state index contributed by atoms with van der Waals surface area (Å²) in [5, 5.41) is 11.9. The largest absolute Gasteiger partial charge is 0.492 e. The standard InChI is InChI=1S/C30H30N2O5/c33-29-19-25(12-14-31(29)16-17-36-26-8-2-1-3-9-26)27-13-15-32(30(34)35)20-28(27)37-21-22-10-11-23-6-4-5-7-24(23)18-22/h1-12,14,18-19,27-28H,13,15-17,20-21H2,(H,34,35). The third-order valence-electron chi connectivity index (χ3n) is 6.90. The molecule has 3 aromatic carbocycles. The number of carboxylic acid groups (broad SMARTS) is 1. The van der Waals surface area contributed by atoms with E-state index >= 15 is 0 Å². The Bertz CT molecular complexity index is 1420. The Morgan fingerprint density at radius 2 is 1.73 bits per heavy atom. The molecule has 1 amide bonds. The van der Waals surface area contributed by atoms with E-state index in [1.165, 1.54) is 4.90 Å². The van der Waals surface area contributed by atoms with E-state index in [1.54, 1.807) is 16.8 Å². The van der Waals surface area contributed by atoms with Crippen molar-refractivity contribution < 1.29 is 19.4 Å². The lowest BCUT2D eigenvalue weighted by molar-refractivity contribution is -0.0199. The summed E-state index contributed by atoms with van der Waals surface area (Å²) in [6, 6.07) is 27.4. The van der Waals surface area contributed by atoms with Crippen molar-refractivity contribution in [2.75, 3.05) is 19.7 Å². The van der Waals surface area contributed by atoms with Gasteiger partial charge in [-0.15, -0.1) is 0 Å². The van der Waals surface area contributed by atoms with Gasteiger partial charge in [-0.25, -0.2) is 4.79 Å². The number of carbonyl (C=O) groups is 1. The van der Waals surface area contributed by atoms with Crippen molar-refractivity contribution in [1.29, 1.82) is 0 Å². The number of rotatable bonds is 8. The van der Waals surface area contributed by atoms with Crippen LogP contribution >= 0.6 is 0 Å². The number of para-hydroxylation sites is 1. The first kappa shape index (κ1) is 24.6. The van der Waals surface area contributed by atoms with E-state index in [2.05, 4.69) is 24.3 Å². The Balaban J connectivity index is 1.28. The predicted octanol–water partition coefficient (Wildman–Crippen LogP) is 5.13. The van der Waals surface area contributed by atoms with Gasteiger partial charge in [0.05, 0.1) is 25.8 Å². The molecule has 5 rings (SSSR count). The number of benzene rings is 3. The average molecular weight is 499 g/mol. The molecule has 7 nitrogen and oxygen atoms in total. The summed E-state index contributed by atoms with van der Waals surface area (Å²) >= 11 is 0. The smallest absolute Gasteiger partial charge is 0.407 e. The van der Waals surface area contributed by atoms with Crippen molar-refractivity contribution in [1.82, 2.24) is 9.47 Å². The number of pyridine rings is 1. The number of amides is 1. The molecule has 1 aromatic heterocycles. The zero-order valence-corrected chi connectivity index (χ0v) is 20.5. The number of piperidine rings is 1. The van der Waals surface area contributed by atoms with Gasteiger partial charge < -0.3 is 24.0 Å². The van der Waals surface area contributed by atoms with Crippen LogP contribution in [-0.4, -0.2) is 46.5 Å². The summed E-state index contributed by atoms with van der Waals surface area (Å²) in [5.41, 5.74) is 1.79. The Hall–Kier alpha value is -4.10. The van der Waals surface area contributed by atoms with E-state index in [9.17, 15) is 14.7 Å². The minimum absolute atomic E-state index is 0.0704. The topological polar surface area (TPSA) is 81.0 Å². The Morgan fingerprint density at radius 1 is 0.946 bits per heavy atom. The summed E-state index contributed by atoms with van der Waals surface area (Å²) in [6.45, 7) is 1.86. The highest BCUT2D eigenvalue weighted by atomic mass is 16.5. The fourth-order valence-corrected chi connectivity index (χ4v) is 4.89. The molecule has 0 spiro atoms. The molecular formula is C30H30N2O5. The highest BCUT2D eigenvalue weighted by Gasteiger charge is 2.33. The van der Waals surface area contributed by atoms with Crippen LogP contribution in [0.25, 0.3) is 10.8 Å². The zero-order valence-electron chi connectivity index (χ0n) is 20.5. The molecule has 0 bridgehead atoms. The van der Waals surface area contributed by atoms with Gasteiger partial charge in [0.25, 0.3) is 5.56 Å². The van der Waals surface area contributed by atoms with Crippen LogP contribution in [0.4, 0.5) is 4.79 Å². The lowest BCUT2D eigenvalue weighted by Crippen LogP contribution is -2.46. The third-order valence-corrected chi connectivity index (χ3v) is 6.90. The summed E-state index contributed by atoms with van der Waals surface area (Å²) < 4.78 is 13.7. The number of fused-ring (bicyclic) bond motifs is 1.